The molecule has 5 heteroatoms. The number of carboxylic acid groups (broad SMARTS) is 1. The molecule has 1 aromatic rings. The van der Waals surface area contributed by atoms with Gasteiger partial charge in [-0.3, -0.25) is 9.59 Å². The Kier molecular flexibility index (Phi) is 4.23. The molecule has 0 heterocycles. The van der Waals surface area contributed by atoms with Crippen LogP contribution in [0.2, 0.25) is 0 Å². The van der Waals surface area contributed by atoms with Crippen LogP contribution in [0, 0.1) is 17.2 Å². The van der Waals surface area contributed by atoms with E-state index in [1.165, 1.54) is 6.07 Å². The summed E-state index contributed by atoms with van der Waals surface area (Å²) in [5, 5.41) is 20.0. The van der Waals surface area contributed by atoms with Gasteiger partial charge in [-0.25, -0.2) is 0 Å². The van der Waals surface area contributed by atoms with Gasteiger partial charge in [-0.2, -0.15) is 5.26 Å². The second-order valence-electron chi connectivity index (χ2n) is 3.48. The third-order valence-electron chi connectivity index (χ3n) is 2.28. The lowest BCUT2D eigenvalue weighted by Crippen LogP contribution is -2.28. The number of nitrogens with one attached hydrogen (secondary N) is 1. The van der Waals surface area contributed by atoms with E-state index < -0.39 is 17.8 Å². The third-order valence-corrected chi connectivity index (χ3v) is 2.28. The van der Waals surface area contributed by atoms with Crippen molar-refractivity contribution in [3.05, 3.63) is 29.8 Å². The smallest absolute Gasteiger partial charge is 0.316 e. The van der Waals surface area contributed by atoms with Crippen LogP contribution in [0.4, 0.5) is 5.69 Å². The van der Waals surface area contributed by atoms with Crippen molar-refractivity contribution in [2.24, 2.45) is 5.92 Å². The molecule has 0 saturated carbocycles. The number of hydrogen-bond acceptors (Lipinski definition) is 3. The van der Waals surface area contributed by atoms with Gasteiger partial charge in [-0.05, 0) is 24.6 Å². The Balaban J connectivity index is 2.80. The van der Waals surface area contributed by atoms with Gasteiger partial charge in [0, 0.05) is 5.69 Å². The zero-order valence-electron chi connectivity index (χ0n) is 9.30. The summed E-state index contributed by atoms with van der Waals surface area (Å²) in [7, 11) is 0. The summed E-state index contributed by atoms with van der Waals surface area (Å²) in [6.45, 7) is 1.63. The van der Waals surface area contributed by atoms with Crippen LogP contribution in [-0.4, -0.2) is 17.0 Å². The molecule has 0 aliphatic rings. The number of hydrogen-bond donors (Lipinski definition) is 2. The predicted molar refractivity (Wildman–Crippen MR) is 61.2 cm³/mol. The average molecular weight is 232 g/mol. The quantitative estimate of drug-likeness (QED) is 0.771. The summed E-state index contributed by atoms with van der Waals surface area (Å²) in [6.07, 6.45) is 0.221. The molecule has 1 aromatic carbocycles. The molecule has 1 rings (SSSR count). The molecule has 1 atom stereocenters. The molecule has 0 radical (unpaired) electrons. The second-order valence-corrected chi connectivity index (χ2v) is 3.48. The second kappa shape index (κ2) is 5.66. The van der Waals surface area contributed by atoms with Gasteiger partial charge in [-0.15, -0.1) is 0 Å². The number of aliphatic carboxylic acids is 1. The SMILES string of the molecule is CCC(C(=O)O)C(=O)Nc1cccc(C#N)c1. The molecule has 0 spiro atoms. The summed E-state index contributed by atoms with van der Waals surface area (Å²) >= 11 is 0. The molecule has 0 aliphatic carbocycles. The van der Waals surface area contributed by atoms with Gasteiger partial charge in [0.15, 0.2) is 0 Å². The number of carboxylic acids is 1. The van der Waals surface area contributed by atoms with Crippen LogP contribution in [0.3, 0.4) is 0 Å². The van der Waals surface area contributed by atoms with Crippen LogP contribution in [0.1, 0.15) is 18.9 Å². The van der Waals surface area contributed by atoms with Crippen LogP contribution in [0.25, 0.3) is 0 Å². The maximum Gasteiger partial charge on any atom is 0.316 e. The minimum absolute atomic E-state index is 0.221. The Labute approximate surface area is 98.7 Å². The Bertz CT molecular complexity index is 477. The molecule has 0 saturated heterocycles. The van der Waals surface area contributed by atoms with Gasteiger partial charge in [-0.1, -0.05) is 13.0 Å². The molecule has 17 heavy (non-hydrogen) atoms. The molecule has 0 aromatic heterocycles. The van der Waals surface area contributed by atoms with Crippen molar-refractivity contribution in [1.82, 2.24) is 0 Å². The molecule has 1 unspecified atom stereocenters. The molecule has 0 bridgehead atoms. The zero-order valence-corrected chi connectivity index (χ0v) is 9.30. The summed E-state index contributed by atoms with van der Waals surface area (Å²) in [4.78, 5) is 22.4. The minimum atomic E-state index is -1.15. The number of nitriles is 1. The maximum absolute atomic E-state index is 11.6. The summed E-state index contributed by atoms with van der Waals surface area (Å²) in [6, 6.07) is 8.26. The highest BCUT2D eigenvalue weighted by molar-refractivity contribution is 6.04. The molecule has 5 nitrogen and oxygen atoms in total. The lowest BCUT2D eigenvalue weighted by Gasteiger charge is -2.10. The molecule has 0 fully saturated rings. The van der Waals surface area contributed by atoms with Crippen molar-refractivity contribution in [2.75, 3.05) is 5.32 Å². The summed E-state index contributed by atoms with van der Waals surface area (Å²) in [5.41, 5.74) is 0.833. The number of carbonyl (C=O) groups is 2. The van der Waals surface area contributed by atoms with Gasteiger partial charge >= 0.3 is 5.97 Å². The number of nitrogens with zero attached hydrogens (tertiary/aromatic N) is 1. The first-order valence-electron chi connectivity index (χ1n) is 5.12. The zero-order chi connectivity index (χ0) is 12.8. The number of amides is 1. The number of rotatable bonds is 4. The number of carbonyl (C=O) groups excluding carboxylic acids is 1. The highest BCUT2D eigenvalue weighted by Crippen LogP contribution is 2.12. The predicted octanol–water partition coefficient (Wildman–Crippen LogP) is 1.61. The Morgan fingerprint density at radius 3 is 2.76 bits per heavy atom. The highest BCUT2D eigenvalue weighted by Gasteiger charge is 2.23. The average Bonchev–Trinajstić information content (AvgIpc) is 2.29. The van der Waals surface area contributed by atoms with Crippen molar-refractivity contribution in [3.63, 3.8) is 0 Å². The van der Waals surface area contributed by atoms with Gasteiger partial charge < -0.3 is 10.4 Å². The minimum Gasteiger partial charge on any atom is -0.481 e. The number of anilines is 1. The van der Waals surface area contributed by atoms with E-state index in [0.717, 1.165) is 0 Å². The van der Waals surface area contributed by atoms with Crippen molar-refractivity contribution in [3.8, 4) is 6.07 Å². The van der Waals surface area contributed by atoms with Crippen molar-refractivity contribution >= 4 is 17.6 Å². The normalized spacial score (nSPS) is 11.3. The van der Waals surface area contributed by atoms with Gasteiger partial charge in [0.1, 0.15) is 5.92 Å². The van der Waals surface area contributed by atoms with E-state index in [2.05, 4.69) is 5.32 Å². The monoisotopic (exact) mass is 232 g/mol. The maximum atomic E-state index is 11.6. The largest absolute Gasteiger partial charge is 0.481 e. The van der Waals surface area contributed by atoms with Crippen molar-refractivity contribution < 1.29 is 14.7 Å². The van der Waals surface area contributed by atoms with Gasteiger partial charge in [0.2, 0.25) is 5.91 Å². The third kappa shape index (κ3) is 3.31. The molecular formula is C12H12N2O3. The summed E-state index contributed by atoms with van der Waals surface area (Å²) in [5.74, 6) is -2.79. The van der Waals surface area contributed by atoms with E-state index in [1.807, 2.05) is 6.07 Å². The van der Waals surface area contributed by atoms with E-state index in [-0.39, 0.29) is 6.42 Å². The van der Waals surface area contributed by atoms with E-state index >= 15 is 0 Å². The molecular weight excluding hydrogens is 220 g/mol. The molecule has 88 valence electrons. The Morgan fingerprint density at radius 2 is 2.24 bits per heavy atom. The fourth-order valence-corrected chi connectivity index (χ4v) is 1.37. The number of benzene rings is 1. The van der Waals surface area contributed by atoms with Crippen molar-refractivity contribution in [1.29, 1.82) is 5.26 Å². The van der Waals surface area contributed by atoms with Crippen LogP contribution in [0.5, 0.6) is 0 Å². The van der Waals surface area contributed by atoms with E-state index in [1.54, 1.807) is 25.1 Å². The Morgan fingerprint density at radius 1 is 1.53 bits per heavy atom. The first-order valence-corrected chi connectivity index (χ1v) is 5.12. The lowest BCUT2D eigenvalue weighted by molar-refractivity contribution is -0.145. The highest BCUT2D eigenvalue weighted by atomic mass is 16.4. The van der Waals surface area contributed by atoms with Crippen LogP contribution >= 0.6 is 0 Å². The molecule has 0 aliphatic heterocycles. The summed E-state index contributed by atoms with van der Waals surface area (Å²) < 4.78 is 0. The standard InChI is InChI=1S/C12H12N2O3/c1-2-10(12(16)17)11(15)14-9-5-3-4-8(6-9)7-13/h3-6,10H,2H2,1H3,(H,14,15)(H,16,17). The van der Waals surface area contributed by atoms with E-state index in [0.29, 0.717) is 11.3 Å². The van der Waals surface area contributed by atoms with E-state index in [9.17, 15) is 9.59 Å². The van der Waals surface area contributed by atoms with Crippen LogP contribution in [0.15, 0.2) is 24.3 Å². The fraction of sp³-hybridized carbons (Fsp3) is 0.250. The fourth-order valence-electron chi connectivity index (χ4n) is 1.37. The molecule has 1 amide bonds. The first-order chi connectivity index (χ1) is 8.08. The Hall–Kier alpha value is -2.35. The van der Waals surface area contributed by atoms with Gasteiger partial charge in [0.05, 0.1) is 11.6 Å². The van der Waals surface area contributed by atoms with Crippen LogP contribution < -0.4 is 5.32 Å². The van der Waals surface area contributed by atoms with Gasteiger partial charge in [0.25, 0.3) is 0 Å². The first kappa shape index (κ1) is 12.7. The lowest BCUT2D eigenvalue weighted by atomic mass is 10.1. The van der Waals surface area contributed by atoms with E-state index in [4.69, 9.17) is 10.4 Å². The topological polar surface area (TPSA) is 90.2 Å². The van der Waals surface area contributed by atoms with Crippen LogP contribution in [-0.2, 0) is 9.59 Å². The molecule has 2 N–H and O–H groups in total. The van der Waals surface area contributed by atoms with Crippen molar-refractivity contribution in [2.45, 2.75) is 13.3 Å².